The standard InChI is InChI=1S/C10H17BrO/c11-8-4-2-1-3-6-10-7-5-9-12-10/h1-2,10H,3-9H2. The fourth-order valence-electron chi connectivity index (χ4n) is 1.45. The lowest BCUT2D eigenvalue weighted by Gasteiger charge is -2.05. The lowest BCUT2D eigenvalue weighted by atomic mass is 10.1. The minimum Gasteiger partial charge on any atom is -0.378 e. The van der Waals surface area contributed by atoms with E-state index in [1.54, 1.807) is 0 Å². The summed E-state index contributed by atoms with van der Waals surface area (Å²) in [5.41, 5.74) is 0. The number of rotatable bonds is 5. The van der Waals surface area contributed by atoms with Crippen molar-refractivity contribution in [1.29, 1.82) is 0 Å². The smallest absolute Gasteiger partial charge is 0.0579 e. The average Bonchev–Trinajstić information content (AvgIpc) is 2.57. The van der Waals surface area contributed by atoms with Gasteiger partial charge in [-0.3, -0.25) is 0 Å². The highest BCUT2D eigenvalue weighted by Crippen LogP contribution is 2.16. The van der Waals surface area contributed by atoms with Gasteiger partial charge >= 0.3 is 0 Å². The van der Waals surface area contributed by atoms with E-state index in [0.29, 0.717) is 6.10 Å². The topological polar surface area (TPSA) is 9.23 Å². The SMILES string of the molecule is BrCCC=CCCC1CCCO1. The van der Waals surface area contributed by atoms with Crippen LogP contribution >= 0.6 is 15.9 Å². The zero-order valence-corrected chi connectivity index (χ0v) is 9.05. The molecule has 0 N–H and O–H groups in total. The van der Waals surface area contributed by atoms with Crippen LogP contribution in [0.25, 0.3) is 0 Å². The predicted octanol–water partition coefficient (Wildman–Crippen LogP) is 3.29. The molecule has 2 heteroatoms. The van der Waals surface area contributed by atoms with Gasteiger partial charge in [-0.25, -0.2) is 0 Å². The maximum Gasteiger partial charge on any atom is 0.0579 e. The summed E-state index contributed by atoms with van der Waals surface area (Å²) in [5.74, 6) is 0. The zero-order valence-electron chi connectivity index (χ0n) is 7.47. The Labute approximate surface area is 83.3 Å². The van der Waals surface area contributed by atoms with Gasteiger partial charge in [-0.15, -0.1) is 0 Å². The fourth-order valence-corrected chi connectivity index (χ4v) is 1.72. The fraction of sp³-hybridized carbons (Fsp3) is 0.800. The molecule has 12 heavy (non-hydrogen) atoms. The van der Waals surface area contributed by atoms with Crippen molar-refractivity contribution in [2.45, 2.75) is 38.2 Å². The van der Waals surface area contributed by atoms with Crippen LogP contribution in [0.15, 0.2) is 12.2 Å². The van der Waals surface area contributed by atoms with E-state index in [1.807, 2.05) is 0 Å². The summed E-state index contributed by atoms with van der Waals surface area (Å²) in [6.45, 7) is 0.982. The first kappa shape index (κ1) is 10.3. The molecule has 70 valence electrons. The van der Waals surface area contributed by atoms with Crippen LogP contribution in [0.1, 0.15) is 32.1 Å². The number of ether oxygens (including phenoxy) is 1. The van der Waals surface area contributed by atoms with Crippen LogP contribution in [0.3, 0.4) is 0 Å². The summed E-state index contributed by atoms with van der Waals surface area (Å²) in [4.78, 5) is 0. The van der Waals surface area contributed by atoms with E-state index in [2.05, 4.69) is 28.1 Å². The Hall–Kier alpha value is 0.180. The molecule has 1 saturated heterocycles. The Morgan fingerprint density at radius 1 is 1.33 bits per heavy atom. The van der Waals surface area contributed by atoms with Crippen molar-refractivity contribution < 1.29 is 4.74 Å². The Morgan fingerprint density at radius 2 is 2.17 bits per heavy atom. The lowest BCUT2D eigenvalue weighted by molar-refractivity contribution is 0.105. The second-order valence-corrected chi connectivity index (χ2v) is 3.95. The van der Waals surface area contributed by atoms with Crippen molar-refractivity contribution in [3.05, 3.63) is 12.2 Å². The van der Waals surface area contributed by atoms with E-state index in [1.165, 1.54) is 25.7 Å². The molecule has 1 rings (SSSR count). The highest BCUT2D eigenvalue weighted by atomic mass is 79.9. The summed E-state index contributed by atoms with van der Waals surface area (Å²) in [6, 6.07) is 0. The summed E-state index contributed by atoms with van der Waals surface area (Å²) in [5, 5.41) is 1.07. The zero-order chi connectivity index (χ0) is 8.65. The third kappa shape index (κ3) is 4.27. The minimum atomic E-state index is 0.554. The molecule has 1 unspecified atom stereocenters. The van der Waals surface area contributed by atoms with E-state index in [4.69, 9.17) is 4.74 Å². The first-order valence-electron chi connectivity index (χ1n) is 4.76. The van der Waals surface area contributed by atoms with Gasteiger partial charge < -0.3 is 4.74 Å². The molecule has 1 aliphatic heterocycles. The summed E-state index contributed by atoms with van der Waals surface area (Å²) >= 11 is 3.39. The van der Waals surface area contributed by atoms with Crippen LogP contribution in [0.2, 0.25) is 0 Å². The second kappa shape index (κ2) is 6.67. The van der Waals surface area contributed by atoms with Crippen molar-refractivity contribution in [3.8, 4) is 0 Å². The average molecular weight is 233 g/mol. The maximum atomic E-state index is 5.52. The van der Waals surface area contributed by atoms with Gasteiger partial charge in [-0.1, -0.05) is 28.1 Å². The molecule has 1 atom stereocenters. The third-order valence-corrected chi connectivity index (χ3v) is 2.58. The molecule has 1 aliphatic rings. The molecule has 0 aromatic carbocycles. The van der Waals surface area contributed by atoms with Crippen LogP contribution in [-0.2, 0) is 4.74 Å². The van der Waals surface area contributed by atoms with E-state index in [0.717, 1.165) is 18.4 Å². The molecule has 0 aromatic rings. The van der Waals surface area contributed by atoms with Crippen LogP contribution in [0.5, 0.6) is 0 Å². The normalized spacial score (nSPS) is 23.9. The van der Waals surface area contributed by atoms with Gasteiger partial charge in [0.25, 0.3) is 0 Å². The van der Waals surface area contributed by atoms with Gasteiger partial charge in [0.2, 0.25) is 0 Å². The van der Waals surface area contributed by atoms with Crippen LogP contribution in [0, 0.1) is 0 Å². The molecular weight excluding hydrogens is 216 g/mol. The molecule has 1 heterocycles. The quantitative estimate of drug-likeness (QED) is 0.523. The third-order valence-electron chi connectivity index (χ3n) is 2.12. The van der Waals surface area contributed by atoms with Crippen molar-refractivity contribution in [1.82, 2.24) is 0 Å². The van der Waals surface area contributed by atoms with Gasteiger partial charge in [0.1, 0.15) is 0 Å². The molecule has 0 spiro atoms. The van der Waals surface area contributed by atoms with Crippen LogP contribution in [0.4, 0.5) is 0 Å². The van der Waals surface area contributed by atoms with E-state index >= 15 is 0 Å². The second-order valence-electron chi connectivity index (χ2n) is 3.16. The van der Waals surface area contributed by atoms with Crippen molar-refractivity contribution in [3.63, 3.8) is 0 Å². The Morgan fingerprint density at radius 3 is 2.83 bits per heavy atom. The monoisotopic (exact) mass is 232 g/mol. The number of hydrogen-bond donors (Lipinski definition) is 0. The van der Waals surface area contributed by atoms with Gasteiger partial charge in [-0.2, -0.15) is 0 Å². The van der Waals surface area contributed by atoms with Gasteiger partial charge in [0, 0.05) is 11.9 Å². The maximum absolute atomic E-state index is 5.52. The molecule has 0 aromatic heterocycles. The van der Waals surface area contributed by atoms with E-state index < -0.39 is 0 Å². The number of halogens is 1. The summed E-state index contributed by atoms with van der Waals surface area (Å²) in [6.07, 6.45) is 11.1. The van der Waals surface area contributed by atoms with Gasteiger partial charge in [0.05, 0.1) is 6.10 Å². The number of hydrogen-bond acceptors (Lipinski definition) is 1. The van der Waals surface area contributed by atoms with Crippen molar-refractivity contribution in [2.24, 2.45) is 0 Å². The van der Waals surface area contributed by atoms with Gasteiger partial charge in [0.15, 0.2) is 0 Å². The lowest BCUT2D eigenvalue weighted by Crippen LogP contribution is -2.02. The molecular formula is C10H17BrO. The largest absolute Gasteiger partial charge is 0.378 e. The van der Waals surface area contributed by atoms with Crippen molar-refractivity contribution >= 4 is 15.9 Å². The molecule has 1 nitrogen and oxygen atoms in total. The van der Waals surface area contributed by atoms with Crippen molar-refractivity contribution in [2.75, 3.05) is 11.9 Å². The first-order valence-corrected chi connectivity index (χ1v) is 5.88. The molecule has 0 bridgehead atoms. The first-order chi connectivity index (χ1) is 5.93. The van der Waals surface area contributed by atoms with E-state index in [-0.39, 0.29) is 0 Å². The molecule has 0 amide bonds. The number of allylic oxidation sites excluding steroid dienone is 2. The molecule has 0 saturated carbocycles. The summed E-state index contributed by atoms with van der Waals surface area (Å²) < 4.78 is 5.52. The minimum absolute atomic E-state index is 0.554. The Bertz CT molecular complexity index is 128. The van der Waals surface area contributed by atoms with Gasteiger partial charge in [-0.05, 0) is 32.1 Å². The van der Waals surface area contributed by atoms with E-state index in [9.17, 15) is 0 Å². The number of alkyl halides is 1. The highest BCUT2D eigenvalue weighted by Gasteiger charge is 2.13. The Balaban J connectivity index is 1.94. The predicted molar refractivity (Wildman–Crippen MR) is 55.8 cm³/mol. The molecule has 0 aliphatic carbocycles. The molecule has 1 fully saturated rings. The summed E-state index contributed by atoms with van der Waals surface area (Å²) in [7, 11) is 0. The highest BCUT2D eigenvalue weighted by molar-refractivity contribution is 9.09. The molecule has 0 radical (unpaired) electrons. The Kier molecular flexibility index (Phi) is 5.70. The van der Waals surface area contributed by atoms with Crippen LogP contribution in [-0.4, -0.2) is 18.0 Å². The van der Waals surface area contributed by atoms with Crippen LogP contribution < -0.4 is 0 Å².